The molecule has 2 aromatic rings. The van der Waals surface area contributed by atoms with Gasteiger partial charge in [0.05, 0.1) is 6.61 Å². The molecule has 0 fully saturated rings. The normalized spacial score (nSPS) is 11.1. The summed E-state index contributed by atoms with van der Waals surface area (Å²) in [5, 5.41) is 0.575. The molecule has 0 amide bonds. The summed E-state index contributed by atoms with van der Waals surface area (Å²) >= 11 is 11.4. The third kappa shape index (κ3) is 5.48. The quantitative estimate of drug-likeness (QED) is 0.276. The molecule has 0 spiro atoms. The third-order valence-corrected chi connectivity index (χ3v) is 4.12. The smallest absolute Gasteiger partial charge is 0.349 e. The van der Waals surface area contributed by atoms with Crippen LogP contribution in [0.15, 0.2) is 48.5 Å². The lowest BCUT2D eigenvalue weighted by atomic mass is 10.0. The molecule has 0 N–H and O–H groups in total. The van der Waals surface area contributed by atoms with Crippen LogP contribution in [0.2, 0.25) is 5.02 Å². The van der Waals surface area contributed by atoms with Gasteiger partial charge in [0.2, 0.25) is 0 Å². The van der Waals surface area contributed by atoms with Crippen LogP contribution in [0, 0.1) is 0 Å². The van der Waals surface area contributed by atoms with Crippen molar-refractivity contribution in [3.05, 3.63) is 64.7 Å². The average molecular weight is 395 g/mol. The molecule has 0 saturated carbocycles. The fraction of sp³-hybridized carbons (Fsp3) is 0.300. The Balaban J connectivity index is 2.03. The highest BCUT2D eigenvalue weighted by Gasteiger charge is 2.31. The van der Waals surface area contributed by atoms with Crippen LogP contribution >= 0.6 is 23.2 Å². The van der Waals surface area contributed by atoms with Crippen molar-refractivity contribution in [1.82, 2.24) is 0 Å². The van der Waals surface area contributed by atoms with E-state index in [1.165, 1.54) is 0 Å². The van der Waals surface area contributed by atoms with E-state index in [-0.39, 0.29) is 12.4 Å². The Morgan fingerprint density at radius 1 is 0.962 bits per heavy atom. The number of esters is 1. The number of halogens is 2. The molecule has 2 aromatic carbocycles. The molecule has 0 bridgehead atoms. The minimum Gasteiger partial charge on any atom is -0.476 e. The van der Waals surface area contributed by atoms with Gasteiger partial charge in [-0.2, -0.15) is 0 Å². The molecule has 0 aromatic heterocycles. The molecule has 0 aliphatic heterocycles. The van der Waals surface area contributed by atoms with E-state index in [1.54, 1.807) is 62.4 Å². The third-order valence-electron chi connectivity index (χ3n) is 3.60. The first-order valence-electron chi connectivity index (χ1n) is 8.16. The van der Waals surface area contributed by atoms with Gasteiger partial charge in [-0.3, -0.25) is 4.79 Å². The van der Waals surface area contributed by atoms with Crippen LogP contribution in [0.4, 0.5) is 0 Å². The van der Waals surface area contributed by atoms with Crippen LogP contribution in [0.3, 0.4) is 0 Å². The number of hydrogen-bond acceptors (Lipinski definition) is 4. The van der Waals surface area contributed by atoms with Crippen LogP contribution < -0.4 is 4.74 Å². The summed E-state index contributed by atoms with van der Waals surface area (Å²) in [6.07, 6.45) is 0.588. The van der Waals surface area contributed by atoms with E-state index in [9.17, 15) is 9.59 Å². The Labute approximate surface area is 163 Å². The average Bonchev–Trinajstić information content (AvgIpc) is 2.62. The van der Waals surface area contributed by atoms with E-state index < -0.39 is 11.6 Å². The number of benzene rings is 2. The lowest BCUT2D eigenvalue weighted by Gasteiger charge is -2.24. The SMILES string of the molecule is CC(C)(Oc1ccc(C(=O)c2ccc(Cl)cc2)cc1)C(=O)OCCCCl. The number of carbonyl (C=O) groups excluding carboxylic acids is 2. The van der Waals surface area contributed by atoms with Gasteiger partial charge in [0, 0.05) is 22.0 Å². The summed E-state index contributed by atoms with van der Waals surface area (Å²) in [4.78, 5) is 24.5. The predicted octanol–water partition coefficient (Wildman–Crippen LogP) is 4.90. The number of carbonyl (C=O) groups is 2. The minimum atomic E-state index is -1.14. The summed E-state index contributed by atoms with van der Waals surface area (Å²) in [7, 11) is 0. The highest BCUT2D eigenvalue weighted by atomic mass is 35.5. The first kappa shape index (κ1) is 20.3. The van der Waals surface area contributed by atoms with Gasteiger partial charge < -0.3 is 9.47 Å². The van der Waals surface area contributed by atoms with Crippen molar-refractivity contribution < 1.29 is 19.1 Å². The fourth-order valence-corrected chi connectivity index (χ4v) is 2.41. The van der Waals surface area contributed by atoms with Crippen molar-refractivity contribution in [3.63, 3.8) is 0 Å². The Morgan fingerprint density at radius 2 is 1.50 bits per heavy atom. The number of ketones is 1. The Morgan fingerprint density at radius 3 is 2.04 bits per heavy atom. The molecule has 6 heteroatoms. The van der Waals surface area contributed by atoms with Gasteiger partial charge in [-0.05, 0) is 68.8 Å². The predicted molar refractivity (Wildman–Crippen MR) is 102 cm³/mol. The second-order valence-corrected chi connectivity index (χ2v) is 6.97. The van der Waals surface area contributed by atoms with Crippen molar-refractivity contribution in [2.24, 2.45) is 0 Å². The van der Waals surface area contributed by atoms with Gasteiger partial charge in [-0.1, -0.05) is 11.6 Å². The van der Waals surface area contributed by atoms with Crippen molar-refractivity contribution >= 4 is 35.0 Å². The summed E-state index contributed by atoms with van der Waals surface area (Å²) in [6.45, 7) is 3.51. The van der Waals surface area contributed by atoms with Crippen LogP contribution in [0.5, 0.6) is 5.75 Å². The number of rotatable bonds is 8. The molecule has 4 nitrogen and oxygen atoms in total. The maximum Gasteiger partial charge on any atom is 0.349 e. The molecule has 0 aliphatic rings. The largest absolute Gasteiger partial charge is 0.476 e. The van der Waals surface area contributed by atoms with Gasteiger partial charge >= 0.3 is 5.97 Å². The lowest BCUT2D eigenvalue weighted by Crippen LogP contribution is -2.39. The van der Waals surface area contributed by atoms with Crippen molar-refractivity contribution in [2.75, 3.05) is 12.5 Å². The van der Waals surface area contributed by atoms with Crippen molar-refractivity contribution in [2.45, 2.75) is 25.9 Å². The van der Waals surface area contributed by atoms with E-state index in [0.717, 1.165) is 0 Å². The number of alkyl halides is 1. The van der Waals surface area contributed by atoms with E-state index in [0.29, 0.717) is 34.2 Å². The fourth-order valence-electron chi connectivity index (χ4n) is 2.17. The Kier molecular flexibility index (Phi) is 7.06. The second kappa shape index (κ2) is 9.06. The zero-order valence-corrected chi connectivity index (χ0v) is 16.1. The molecule has 0 saturated heterocycles. The van der Waals surface area contributed by atoms with E-state index in [1.807, 2.05) is 0 Å². The maximum atomic E-state index is 12.4. The van der Waals surface area contributed by atoms with Crippen LogP contribution in [0.25, 0.3) is 0 Å². The standard InChI is InChI=1S/C20H20Cl2O4/c1-20(2,19(24)25-13-3-12-21)26-17-10-6-15(7-11-17)18(23)14-4-8-16(22)9-5-14/h4-11H,3,12-13H2,1-2H3. The van der Waals surface area contributed by atoms with Crippen molar-refractivity contribution in [3.8, 4) is 5.75 Å². The van der Waals surface area contributed by atoms with E-state index in [2.05, 4.69) is 0 Å². The minimum absolute atomic E-state index is 0.118. The number of ether oxygens (including phenoxy) is 2. The van der Waals surface area contributed by atoms with Crippen LogP contribution in [0.1, 0.15) is 36.2 Å². The van der Waals surface area contributed by atoms with Gasteiger partial charge in [0.15, 0.2) is 11.4 Å². The molecular weight excluding hydrogens is 375 g/mol. The summed E-state index contributed by atoms with van der Waals surface area (Å²) < 4.78 is 10.8. The second-order valence-electron chi connectivity index (χ2n) is 6.15. The maximum absolute atomic E-state index is 12.4. The first-order valence-corrected chi connectivity index (χ1v) is 9.07. The van der Waals surface area contributed by atoms with Crippen molar-refractivity contribution in [1.29, 1.82) is 0 Å². The zero-order chi connectivity index (χ0) is 19.2. The highest BCUT2D eigenvalue weighted by Crippen LogP contribution is 2.22. The Bertz CT molecular complexity index is 752. The summed E-state index contributed by atoms with van der Waals surface area (Å²) in [6, 6.07) is 13.3. The molecule has 26 heavy (non-hydrogen) atoms. The molecular formula is C20H20Cl2O4. The van der Waals surface area contributed by atoms with Gasteiger partial charge in [-0.25, -0.2) is 4.79 Å². The molecule has 2 rings (SSSR count). The lowest BCUT2D eigenvalue weighted by molar-refractivity contribution is -0.159. The van der Waals surface area contributed by atoms with Crippen LogP contribution in [-0.4, -0.2) is 29.8 Å². The Hall–Kier alpha value is -2.04. The van der Waals surface area contributed by atoms with Gasteiger partial charge in [0.25, 0.3) is 0 Å². The molecule has 0 unspecified atom stereocenters. The van der Waals surface area contributed by atoms with E-state index in [4.69, 9.17) is 32.7 Å². The molecule has 0 radical (unpaired) electrons. The first-order chi connectivity index (χ1) is 12.3. The van der Waals surface area contributed by atoms with E-state index >= 15 is 0 Å². The zero-order valence-electron chi connectivity index (χ0n) is 14.6. The molecule has 0 atom stereocenters. The summed E-state index contributed by atoms with van der Waals surface area (Å²) in [5.74, 6) is 0.311. The van der Waals surface area contributed by atoms with Crippen LogP contribution in [-0.2, 0) is 9.53 Å². The molecule has 138 valence electrons. The molecule has 0 aliphatic carbocycles. The monoisotopic (exact) mass is 394 g/mol. The highest BCUT2D eigenvalue weighted by molar-refractivity contribution is 6.30. The number of hydrogen-bond donors (Lipinski definition) is 0. The molecule has 0 heterocycles. The van der Waals surface area contributed by atoms with Gasteiger partial charge in [-0.15, -0.1) is 11.6 Å². The summed E-state index contributed by atoms with van der Waals surface area (Å²) in [5.41, 5.74) is -0.0815. The topological polar surface area (TPSA) is 52.6 Å². The van der Waals surface area contributed by atoms with Gasteiger partial charge in [0.1, 0.15) is 5.75 Å².